The number of hydrogen-bond acceptors (Lipinski definition) is 5. The number of nitrogens with zero attached hydrogens (tertiary/aromatic N) is 2. The smallest absolute Gasteiger partial charge is 0.203 e. The third-order valence-electron chi connectivity index (χ3n) is 2.90. The lowest BCUT2D eigenvalue weighted by Gasteiger charge is -2.21. The molecule has 0 aliphatic rings. The zero-order valence-corrected chi connectivity index (χ0v) is 10.3. The molecule has 0 aliphatic carbocycles. The number of rotatable bonds is 5. The summed E-state index contributed by atoms with van der Waals surface area (Å²) < 4.78 is 5.18. The molecule has 0 aromatic carbocycles. The lowest BCUT2D eigenvalue weighted by atomic mass is 10.0. The van der Waals surface area contributed by atoms with Crippen LogP contribution in [0.15, 0.2) is 6.33 Å². The van der Waals surface area contributed by atoms with E-state index in [2.05, 4.69) is 36.1 Å². The molecule has 0 saturated heterocycles. The van der Waals surface area contributed by atoms with Gasteiger partial charge in [0.25, 0.3) is 0 Å². The highest BCUT2D eigenvalue weighted by Gasteiger charge is 2.15. The van der Waals surface area contributed by atoms with Gasteiger partial charge in [0.05, 0.1) is 7.11 Å². The van der Waals surface area contributed by atoms with Gasteiger partial charge in [-0.05, 0) is 12.8 Å². The summed E-state index contributed by atoms with van der Waals surface area (Å²) in [7, 11) is 1.56. The van der Waals surface area contributed by atoms with Crippen LogP contribution >= 0.6 is 0 Å². The van der Waals surface area contributed by atoms with Crippen LogP contribution < -0.4 is 15.8 Å². The average molecular weight is 224 g/mol. The van der Waals surface area contributed by atoms with Crippen LogP contribution in [0.2, 0.25) is 0 Å². The Hall–Kier alpha value is -1.52. The summed E-state index contributed by atoms with van der Waals surface area (Å²) >= 11 is 0. The molecule has 0 aliphatic heterocycles. The summed E-state index contributed by atoms with van der Waals surface area (Å²) in [5, 5.41) is 3.30. The van der Waals surface area contributed by atoms with Crippen molar-refractivity contribution in [1.29, 1.82) is 0 Å². The molecule has 1 heterocycles. The Bertz CT molecular complexity index is 343. The van der Waals surface area contributed by atoms with Crippen molar-refractivity contribution in [2.45, 2.75) is 33.2 Å². The molecule has 0 radical (unpaired) electrons. The maximum absolute atomic E-state index is 5.70. The van der Waals surface area contributed by atoms with Gasteiger partial charge in [-0.25, -0.2) is 9.97 Å². The highest BCUT2D eigenvalue weighted by Crippen LogP contribution is 2.27. The fraction of sp³-hybridized carbons (Fsp3) is 0.636. The van der Waals surface area contributed by atoms with Gasteiger partial charge in [-0.15, -0.1) is 0 Å². The number of anilines is 2. The van der Waals surface area contributed by atoms with Crippen LogP contribution in [0.25, 0.3) is 0 Å². The van der Waals surface area contributed by atoms with Gasteiger partial charge < -0.3 is 15.8 Å². The third-order valence-corrected chi connectivity index (χ3v) is 2.90. The second kappa shape index (κ2) is 5.53. The first-order valence-corrected chi connectivity index (χ1v) is 5.51. The van der Waals surface area contributed by atoms with Crippen molar-refractivity contribution in [3.05, 3.63) is 6.33 Å². The predicted molar refractivity (Wildman–Crippen MR) is 65.5 cm³/mol. The van der Waals surface area contributed by atoms with Gasteiger partial charge in [-0.3, -0.25) is 0 Å². The zero-order valence-electron chi connectivity index (χ0n) is 10.3. The van der Waals surface area contributed by atoms with Gasteiger partial charge in [0.15, 0.2) is 11.6 Å². The van der Waals surface area contributed by atoms with Gasteiger partial charge in [-0.1, -0.05) is 20.3 Å². The van der Waals surface area contributed by atoms with Gasteiger partial charge in [-0.2, -0.15) is 0 Å². The number of hydrogen-bond donors (Lipinski definition) is 2. The van der Waals surface area contributed by atoms with Gasteiger partial charge in [0, 0.05) is 6.04 Å². The van der Waals surface area contributed by atoms with Crippen LogP contribution in [0.4, 0.5) is 11.6 Å². The molecular formula is C11H20N4O. The van der Waals surface area contributed by atoms with Crippen molar-refractivity contribution in [2.24, 2.45) is 5.92 Å². The third kappa shape index (κ3) is 2.74. The second-order valence-electron chi connectivity index (χ2n) is 3.96. The average Bonchev–Trinajstić information content (AvgIpc) is 2.28. The molecule has 0 spiro atoms. The van der Waals surface area contributed by atoms with Crippen LogP contribution in [0.5, 0.6) is 5.75 Å². The van der Waals surface area contributed by atoms with E-state index >= 15 is 0 Å². The highest BCUT2D eigenvalue weighted by molar-refractivity contribution is 5.61. The highest BCUT2D eigenvalue weighted by atomic mass is 16.5. The Morgan fingerprint density at radius 1 is 1.44 bits per heavy atom. The normalized spacial score (nSPS) is 14.2. The second-order valence-corrected chi connectivity index (χ2v) is 3.96. The summed E-state index contributed by atoms with van der Waals surface area (Å²) in [6.07, 6.45) is 2.54. The van der Waals surface area contributed by atoms with Crippen molar-refractivity contribution in [3.63, 3.8) is 0 Å². The van der Waals surface area contributed by atoms with E-state index in [1.165, 1.54) is 6.33 Å². The number of nitrogens with one attached hydrogen (secondary N) is 1. The van der Waals surface area contributed by atoms with E-state index in [9.17, 15) is 0 Å². The Kier molecular flexibility index (Phi) is 4.34. The summed E-state index contributed by atoms with van der Waals surface area (Å²) in [6, 6.07) is 0.313. The number of aromatic nitrogens is 2. The van der Waals surface area contributed by atoms with E-state index in [-0.39, 0.29) is 0 Å². The minimum Gasteiger partial charge on any atom is -0.490 e. The Labute approximate surface area is 96.4 Å². The van der Waals surface area contributed by atoms with Gasteiger partial charge >= 0.3 is 0 Å². The van der Waals surface area contributed by atoms with E-state index in [0.29, 0.717) is 29.3 Å². The minimum absolute atomic E-state index is 0.313. The fourth-order valence-corrected chi connectivity index (χ4v) is 1.40. The van der Waals surface area contributed by atoms with E-state index in [1.807, 2.05) is 0 Å². The van der Waals surface area contributed by atoms with Crippen LogP contribution in [0.3, 0.4) is 0 Å². The molecule has 2 unspecified atom stereocenters. The van der Waals surface area contributed by atoms with Crippen molar-refractivity contribution in [2.75, 3.05) is 18.2 Å². The topological polar surface area (TPSA) is 73.1 Å². The minimum atomic E-state index is 0.313. The van der Waals surface area contributed by atoms with Crippen molar-refractivity contribution < 1.29 is 4.74 Å². The Morgan fingerprint density at radius 3 is 2.69 bits per heavy atom. The molecule has 1 aromatic heterocycles. The number of nitrogens with two attached hydrogens (primary N) is 1. The van der Waals surface area contributed by atoms with Crippen molar-refractivity contribution in [3.8, 4) is 5.75 Å². The Morgan fingerprint density at radius 2 is 2.12 bits per heavy atom. The van der Waals surface area contributed by atoms with E-state index in [4.69, 9.17) is 10.5 Å². The molecule has 1 rings (SSSR count). The molecule has 0 fully saturated rings. The van der Waals surface area contributed by atoms with Crippen molar-refractivity contribution in [1.82, 2.24) is 9.97 Å². The van der Waals surface area contributed by atoms with Crippen LogP contribution in [0, 0.1) is 5.92 Å². The van der Waals surface area contributed by atoms with Gasteiger partial charge in [0.1, 0.15) is 6.33 Å². The summed E-state index contributed by atoms with van der Waals surface area (Å²) in [5.74, 6) is 2.08. The monoisotopic (exact) mass is 224 g/mol. The molecule has 0 amide bonds. The standard InChI is InChI=1S/C11H20N4O/c1-5-7(2)8(3)15-11-9(16-4)10(12)13-6-14-11/h6-8H,5H2,1-4H3,(H3,12,13,14,15). The van der Waals surface area contributed by atoms with Crippen LogP contribution in [-0.2, 0) is 0 Å². The maximum Gasteiger partial charge on any atom is 0.203 e. The van der Waals surface area contributed by atoms with Gasteiger partial charge in [0.2, 0.25) is 5.75 Å². The Balaban J connectivity index is 2.84. The first-order valence-electron chi connectivity index (χ1n) is 5.51. The lowest BCUT2D eigenvalue weighted by Crippen LogP contribution is -2.24. The summed E-state index contributed by atoms with van der Waals surface area (Å²) in [6.45, 7) is 6.47. The molecule has 5 nitrogen and oxygen atoms in total. The molecule has 3 N–H and O–H groups in total. The molecule has 90 valence electrons. The first-order chi connectivity index (χ1) is 7.60. The van der Waals surface area contributed by atoms with Crippen LogP contribution in [0.1, 0.15) is 27.2 Å². The molecule has 2 atom stereocenters. The summed E-state index contributed by atoms with van der Waals surface area (Å²) in [5.41, 5.74) is 5.70. The molecular weight excluding hydrogens is 204 g/mol. The predicted octanol–water partition coefficient (Wildman–Crippen LogP) is 1.91. The molecule has 5 heteroatoms. The number of nitrogen functional groups attached to an aromatic ring is 1. The summed E-state index contributed by atoms with van der Waals surface area (Å²) in [4.78, 5) is 8.02. The SMILES string of the molecule is CCC(C)C(C)Nc1ncnc(N)c1OC. The fourth-order valence-electron chi connectivity index (χ4n) is 1.40. The zero-order chi connectivity index (χ0) is 12.1. The lowest BCUT2D eigenvalue weighted by molar-refractivity contribution is 0.412. The van der Waals surface area contributed by atoms with Crippen molar-refractivity contribution >= 4 is 11.6 Å². The maximum atomic E-state index is 5.70. The van der Waals surface area contributed by atoms with E-state index in [1.54, 1.807) is 7.11 Å². The largest absolute Gasteiger partial charge is 0.490 e. The molecule has 1 aromatic rings. The van der Waals surface area contributed by atoms with E-state index in [0.717, 1.165) is 6.42 Å². The van der Waals surface area contributed by atoms with Crippen LogP contribution in [-0.4, -0.2) is 23.1 Å². The first kappa shape index (κ1) is 12.5. The van der Waals surface area contributed by atoms with E-state index < -0.39 is 0 Å². The number of methoxy groups -OCH3 is 1. The quantitative estimate of drug-likeness (QED) is 0.799. The molecule has 0 saturated carbocycles. The number of ether oxygens (including phenoxy) is 1. The molecule has 0 bridgehead atoms. The molecule has 16 heavy (non-hydrogen) atoms.